The van der Waals surface area contributed by atoms with Gasteiger partial charge in [-0.2, -0.15) is 0 Å². The van der Waals surface area contributed by atoms with E-state index in [0.717, 1.165) is 31.2 Å². The predicted octanol–water partition coefficient (Wildman–Crippen LogP) is 2.60. The highest BCUT2D eigenvalue weighted by Crippen LogP contribution is 2.38. The molecule has 2 aromatic carbocycles. The zero-order valence-corrected chi connectivity index (χ0v) is 17.9. The minimum absolute atomic E-state index is 0.0608. The molecule has 0 unspecified atom stereocenters. The van der Waals surface area contributed by atoms with Gasteiger partial charge in [0.1, 0.15) is 5.41 Å². The number of nitrogens with one attached hydrogen (secondary N) is 4. The lowest BCUT2D eigenvalue weighted by Crippen LogP contribution is -2.49. The fraction of sp³-hybridized carbons (Fsp3) is 0.417. The summed E-state index contributed by atoms with van der Waals surface area (Å²) in [7, 11) is 0. The van der Waals surface area contributed by atoms with Crippen molar-refractivity contribution in [3.8, 4) is 0 Å². The van der Waals surface area contributed by atoms with Gasteiger partial charge in [0.2, 0.25) is 11.8 Å². The highest BCUT2D eigenvalue weighted by Gasteiger charge is 2.47. The molecule has 2 aromatic rings. The first-order chi connectivity index (χ1) is 15.0. The highest BCUT2D eigenvalue weighted by atomic mass is 16.2. The number of carbonyl (C=O) groups is 2. The first-order valence-corrected chi connectivity index (χ1v) is 11.0. The summed E-state index contributed by atoms with van der Waals surface area (Å²) in [6.45, 7) is 2.78. The Morgan fingerprint density at radius 1 is 1.00 bits per heavy atom. The summed E-state index contributed by atoms with van der Waals surface area (Å²) in [5.41, 5.74) is 5.43. The van der Waals surface area contributed by atoms with E-state index < -0.39 is 5.41 Å². The molecule has 1 fully saturated rings. The molecule has 7 heteroatoms. The van der Waals surface area contributed by atoms with Crippen molar-refractivity contribution < 1.29 is 9.59 Å². The summed E-state index contributed by atoms with van der Waals surface area (Å²) in [5.74, 6) is -0.447. The van der Waals surface area contributed by atoms with Gasteiger partial charge < -0.3 is 21.7 Å². The number of guanidine groups is 1. The van der Waals surface area contributed by atoms with Crippen LogP contribution < -0.4 is 21.7 Å². The molecule has 0 atom stereocenters. The molecule has 6 N–H and O–H groups in total. The maximum absolute atomic E-state index is 13.0. The largest absolute Gasteiger partial charge is 0.370 e. The summed E-state index contributed by atoms with van der Waals surface area (Å²) in [6.07, 6.45) is 5.04. The molecule has 1 radical (unpaired) electrons. The van der Waals surface area contributed by atoms with E-state index in [1.54, 1.807) is 6.54 Å². The topological polar surface area (TPSA) is 120 Å². The van der Waals surface area contributed by atoms with E-state index in [1.165, 1.54) is 10.8 Å². The first-order valence-electron chi connectivity index (χ1n) is 11.0. The molecule has 0 saturated heterocycles. The van der Waals surface area contributed by atoms with Crippen LogP contribution in [0.25, 0.3) is 10.8 Å². The van der Waals surface area contributed by atoms with Crippen LogP contribution in [0, 0.1) is 17.4 Å². The summed E-state index contributed by atoms with van der Waals surface area (Å²) < 4.78 is 0. The van der Waals surface area contributed by atoms with Gasteiger partial charge in [-0.25, -0.2) is 0 Å². The summed E-state index contributed by atoms with van der Waals surface area (Å²) in [4.78, 5) is 25.8. The van der Waals surface area contributed by atoms with Crippen molar-refractivity contribution in [2.75, 3.05) is 13.1 Å². The average Bonchev–Trinajstić information content (AvgIpc) is 3.27. The lowest BCUT2D eigenvalue weighted by molar-refractivity contribution is -0.142. The number of benzene rings is 2. The van der Waals surface area contributed by atoms with Crippen molar-refractivity contribution in [2.24, 2.45) is 11.1 Å². The van der Waals surface area contributed by atoms with Crippen molar-refractivity contribution in [2.45, 2.75) is 44.9 Å². The molecule has 2 amide bonds. The Labute approximate surface area is 183 Å². The molecule has 1 aliphatic carbocycles. The number of hydrogen-bond acceptors (Lipinski definition) is 3. The molecule has 7 nitrogen and oxygen atoms in total. The van der Waals surface area contributed by atoms with Crippen molar-refractivity contribution in [1.29, 1.82) is 5.41 Å². The molecular formula is C24H32N5O2. The first kappa shape index (κ1) is 22.6. The van der Waals surface area contributed by atoms with E-state index in [4.69, 9.17) is 11.1 Å². The number of amides is 2. The van der Waals surface area contributed by atoms with E-state index >= 15 is 0 Å². The number of rotatable bonds is 10. The van der Waals surface area contributed by atoms with E-state index in [9.17, 15) is 9.59 Å². The molecule has 0 aromatic heterocycles. The van der Waals surface area contributed by atoms with E-state index in [-0.39, 0.29) is 17.8 Å². The van der Waals surface area contributed by atoms with Gasteiger partial charge in [-0.1, -0.05) is 55.3 Å². The smallest absolute Gasteiger partial charge is 0.235 e. The van der Waals surface area contributed by atoms with Crippen molar-refractivity contribution in [3.05, 3.63) is 54.6 Å². The Bertz CT molecular complexity index is 921. The molecule has 1 aliphatic rings. The van der Waals surface area contributed by atoms with Gasteiger partial charge >= 0.3 is 0 Å². The monoisotopic (exact) mass is 422 g/mol. The van der Waals surface area contributed by atoms with Crippen LogP contribution in [-0.4, -0.2) is 30.9 Å². The maximum Gasteiger partial charge on any atom is 0.235 e. The Kier molecular flexibility index (Phi) is 7.87. The summed E-state index contributed by atoms with van der Waals surface area (Å²) >= 11 is 0. The molecule has 1 saturated carbocycles. The number of hydrogen-bond donors (Lipinski definition) is 5. The van der Waals surface area contributed by atoms with Gasteiger partial charge in [-0.15, -0.1) is 0 Å². The van der Waals surface area contributed by atoms with Gasteiger partial charge in [-0.05, 0) is 48.4 Å². The van der Waals surface area contributed by atoms with Crippen LogP contribution >= 0.6 is 0 Å². The predicted molar refractivity (Wildman–Crippen MR) is 123 cm³/mol. The third-order valence-electron chi connectivity index (χ3n) is 5.91. The second-order valence-corrected chi connectivity index (χ2v) is 8.14. The van der Waals surface area contributed by atoms with Crippen molar-refractivity contribution >= 4 is 28.5 Å². The molecule has 0 spiro atoms. The third kappa shape index (κ3) is 5.96. The minimum atomic E-state index is -0.975. The van der Waals surface area contributed by atoms with Crippen LogP contribution in [0.4, 0.5) is 0 Å². The fourth-order valence-electron chi connectivity index (χ4n) is 4.15. The van der Waals surface area contributed by atoms with Crippen LogP contribution in [0.2, 0.25) is 0 Å². The molecule has 0 aliphatic heterocycles. The van der Waals surface area contributed by atoms with Crippen LogP contribution in [0.1, 0.15) is 44.1 Å². The van der Waals surface area contributed by atoms with E-state index in [0.29, 0.717) is 32.4 Å². The van der Waals surface area contributed by atoms with Gasteiger partial charge in [0.05, 0.1) is 0 Å². The zero-order chi connectivity index (χ0) is 22.1. The highest BCUT2D eigenvalue weighted by molar-refractivity contribution is 6.05. The number of unbranched alkanes of at least 4 members (excludes halogenated alkanes) is 1. The Hall–Kier alpha value is -3.09. The SMILES string of the molecule is N=C(N)NCCC[CH]NC(=O)C1(C(=O)NCCc2ccc3ccccc3c2)CCCC1. The Morgan fingerprint density at radius 3 is 2.48 bits per heavy atom. The van der Waals surface area contributed by atoms with Gasteiger partial charge in [0, 0.05) is 19.6 Å². The maximum atomic E-state index is 13.0. The summed E-state index contributed by atoms with van der Waals surface area (Å²) in [6, 6.07) is 14.5. The molecule has 0 heterocycles. The lowest BCUT2D eigenvalue weighted by Gasteiger charge is -2.26. The molecule has 0 bridgehead atoms. The Balaban J connectivity index is 1.48. The standard InChI is InChI=1S/C24H32N5O2/c25-23(26)29-15-6-5-14-27-21(30)24(12-3-4-13-24)22(31)28-16-11-18-9-10-19-7-1-2-8-20(19)17-18/h1-2,7-10,14,17H,3-6,11-13,15-16H2,(H,27,30)(H,28,31)(H4,25,26,29). The second-order valence-electron chi connectivity index (χ2n) is 8.14. The number of nitrogens with two attached hydrogens (primary N) is 1. The number of carbonyl (C=O) groups excluding carboxylic acids is 2. The quantitative estimate of drug-likeness (QED) is 0.175. The van der Waals surface area contributed by atoms with Crippen molar-refractivity contribution in [1.82, 2.24) is 16.0 Å². The third-order valence-corrected chi connectivity index (χ3v) is 5.91. The number of fused-ring (bicyclic) bond motifs is 1. The summed E-state index contributed by atoms with van der Waals surface area (Å²) in [5, 5.41) is 18.1. The fourth-order valence-corrected chi connectivity index (χ4v) is 4.15. The molecule has 3 rings (SSSR count). The zero-order valence-electron chi connectivity index (χ0n) is 17.9. The Morgan fingerprint density at radius 2 is 1.74 bits per heavy atom. The van der Waals surface area contributed by atoms with Gasteiger partial charge in [0.25, 0.3) is 0 Å². The minimum Gasteiger partial charge on any atom is -0.370 e. The van der Waals surface area contributed by atoms with Crippen LogP contribution in [0.5, 0.6) is 0 Å². The molecule has 165 valence electrons. The van der Waals surface area contributed by atoms with Crippen molar-refractivity contribution in [3.63, 3.8) is 0 Å². The van der Waals surface area contributed by atoms with Gasteiger partial charge in [-0.3, -0.25) is 15.0 Å². The second kappa shape index (κ2) is 10.8. The van der Waals surface area contributed by atoms with E-state index in [2.05, 4.69) is 46.3 Å². The van der Waals surface area contributed by atoms with Crippen LogP contribution in [-0.2, 0) is 16.0 Å². The van der Waals surface area contributed by atoms with Crippen LogP contribution in [0.15, 0.2) is 42.5 Å². The van der Waals surface area contributed by atoms with E-state index in [1.807, 2.05) is 12.1 Å². The normalized spacial score (nSPS) is 14.8. The van der Waals surface area contributed by atoms with Crippen LogP contribution in [0.3, 0.4) is 0 Å². The molecular weight excluding hydrogens is 390 g/mol. The molecule has 31 heavy (non-hydrogen) atoms. The van der Waals surface area contributed by atoms with Gasteiger partial charge in [0.15, 0.2) is 5.96 Å². The average molecular weight is 423 g/mol. The lowest BCUT2D eigenvalue weighted by atomic mass is 9.83.